The van der Waals surface area contributed by atoms with Crippen LogP contribution in [0.1, 0.15) is 39.4 Å². The molecule has 7 nitrogen and oxygen atoms in total. The van der Waals surface area contributed by atoms with Crippen LogP contribution < -0.4 is 10.6 Å². The molecule has 0 aliphatic carbocycles. The van der Waals surface area contributed by atoms with Gasteiger partial charge in [0.15, 0.2) is 5.96 Å². The Kier molecular flexibility index (Phi) is 7.54. The van der Waals surface area contributed by atoms with Crippen LogP contribution in [0.4, 0.5) is 0 Å². The predicted molar refractivity (Wildman–Crippen MR) is 97.6 cm³/mol. The minimum absolute atomic E-state index is 0. The van der Waals surface area contributed by atoms with Crippen LogP contribution >= 0.6 is 24.0 Å². The Balaban J connectivity index is 0.00000242. The zero-order chi connectivity index (χ0) is 15.3. The largest absolute Gasteiger partial charge is 0.388 e. The Morgan fingerprint density at radius 3 is 3.00 bits per heavy atom. The zero-order valence-corrected chi connectivity index (χ0v) is 15.9. The van der Waals surface area contributed by atoms with Crippen molar-refractivity contribution in [1.29, 1.82) is 0 Å². The zero-order valence-electron chi connectivity index (χ0n) is 13.5. The van der Waals surface area contributed by atoms with E-state index in [1.54, 1.807) is 6.33 Å². The minimum Gasteiger partial charge on any atom is -0.388 e. The van der Waals surface area contributed by atoms with Gasteiger partial charge in [-0.3, -0.25) is 4.99 Å². The molecule has 0 saturated carbocycles. The number of aliphatic hydroxyl groups is 1. The van der Waals surface area contributed by atoms with Gasteiger partial charge in [-0.1, -0.05) is 6.92 Å². The summed E-state index contributed by atoms with van der Waals surface area (Å²) in [5.41, 5.74) is -0.756. The minimum atomic E-state index is -0.756. The average Bonchev–Trinajstić information content (AvgIpc) is 2.93. The van der Waals surface area contributed by atoms with Gasteiger partial charge in [0.2, 0.25) is 0 Å². The third-order valence-electron chi connectivity index (χ3n) is 3.83. The molecule has 1 aromatic heterocycles. The molecule has 0 bridgehead atoms. The van der Waals surface area contributed by atoms with Crippen LogP contribution in [0.25, 0.3) is 0 Å². The van der Waals surface area contributed by atoms with Crippen LogP contribution in [0.15, 0.2) is 11.3 Å². The average molecular weight is 422 g/mol. The summed E-state index contributed by atoms with van der Waals surface area (Å²) in [6, 6.07) is 0.281. The smallest absolute Gasteiger partial charge is 0.191 e. The van der Waals surface area contributed by atoms with Crippen molar-refractivity contribution in [3.63, 3.8) is 0 Å². The maximum absolute atomic E-state index is 10.1. The summed E-state index contributed by atoms with van der Waals surface area (Å²) < 4.78 is 1.94. The SMILES string of the molecule is CCNC(=NCC(C)(O)CC)NC1CCc2ncnn2C1.I. The fraction of sp³-hybridized carbons (Fsp3) is 0.786. The van der Waals surface area contributed by atoms with Gasteiger partial charge in [-0.25, -0.2) is 9.67 Å². The van der Waals surface area contributed by atoms with Crippen molar-refractivity contribution < 1.29 is 5.11 Å². The molecule has 2 unspecified atom stereocenters. The van der Waals surface area contributed by atoms with Crippen molar-refractivity contribution >= 4 is 29.9 Å². The van der Waals surface area contributed by atoms with Crippen LogP contribution in [0.2, 0.25) is 0 Å². The van der Waals surface area contributed by atoms with Crippen LogP contribution in [0.3, 0.4) is 0 Å². The number of aryl methyl sites for hydroxylation is 1. The van der Waals surface area contributed by atoms with E-state index in [9.17, 15) is 5.11 Å². The number of nitrogens with zero attached hydrogens (tertiary/aromatic N) is 4. The van der Waals surface area contributed by atoms with Gasteiger partial charge in [0.1, 0.15) is 12.2 Å². The maximum atomic E-state index is 10.1. The van der Waals surface area contributed by atoms with E-state index in [1.807, 2.05) is 25.5 Å². The van der Waals surface area contributed by atoms with Crippen molar-refractivity contribution in [2.24, 2.45) is 4.99 Å². The lowest BCUT2D eigenvalue weighted by Gasteiger charge is -2.26. The number of nitrogens with one attached hydrogen (secondary N) is 2. The third-order valence-corrected chi connectivity index (χ3v) is 3.83. The number of rotatable bonds is 5. The van der Waals surface area contributed by atoms with E-state index in [4.69, 9.17) is 0 Å². The topological polar surface area (TPSA) is 87.4 Å². The first-order chi connectivity index (χ1) is 10.0. The highest BCUT2D eigenvalue weighted by Crippen LogP contribution is 2.12. The molecule has 0 aromatic carbocycles. The molecule has 0 spiro atoms. The van der Waals surface area contributed by atoms with E-state index < -0.39 is 5.60 Å². The van der Waals surface area contributed by atoms with E-state index in [-0.39, 0.29) is 30.0 Å². The summed E-state index contributed by atoms with van der Waals surface area (Å²) >= 11 is 0. The van der Waals surface area contributed by atoms with Crippen LogP contribution in [0.5, 0.6) is 0 Å². The summed E-state index contributed by atoms with van der Waals surface area (Å²) in [6.45, 7) is 7.78. The molecule has 8 heteroatoms. The fourth-order valence-electron chi connectivity index (χ4n) is 2.23. The Labute approximate surface area is 149 Å². The Morgan fingerprint density at radius 1 is 1.55 bits per heavy atom. The molecule has 0 amide bonds. The first kappa shape index (κ1) is 19.1. The Bertz CT molecular complexity index is 487. The van der Waals surface area contributed by atoms with E-state index in [0.717, 1.165) is 37.7 Å². The lowest BCUT2D eigenvalue weighted by atomic mass is 10.0. The number of hydrogen-bond acceptors (Lipinski definition) is 4. The lowest BCUT2D eigenvalue weighted by Crippen LogP contribution is -2.47. The molecule has 0 radical (unpaired) electrons. The quantitative estimate of drug-likeness (QED) is 0.373. The summed E-state index contributed by atoms with van der Waals surface area (Å²) in [5.74, 6) is 1.80. The van der Waals surface area contributed by atoms with Gasteiger partial charge in [-0.15, -0.1) is 24.0 Å². The number of aliphatic imine (C=N–C) groups is 1. The van der Waals surface area contributed by atoms with E-state index in [0.29, 0.717) is 13.0 Å². The van der Waals surface area contributed by atoms with E-state index in [2.05, 4.69) is 25.7 Å². The molecule has 2 heterocycles. The van der Waals surface area contributed by atoms with Crippen LogP contribution in [0, 0.1) is 0 Å². The lowest BCUT2D eigenvalue weighted by molar-refractivity contribution is 0.0656. The normalized spacial score (nSPS) is 20.5. The number of halogens is 1. The van der Waals surface area contributed by atoms with Crippen molar-refractivity contribution in [1.82, 2.24) is 25.4 Å². The van der Waals surface area contributed by atoms with Crippen molar-refractivity contribution in [2.75, 3.05) is 13.1 Å². The fourth-order valence-corrected chi connectivity index (χ4v) is 2.23. The van der Waals surface area contributed by atoms with Gasteiger partial charge in [0, 0.05) is 19.0 Å². The number of guanidine groups is 1. The highest BCUT2D eigenvalue weighted by molar-refractivity contribution is 14.0. The summed E-state index contributed by atoms with van der Waals surface area (Å²) in [7, 11) is 0. The highest BCUT2D eigenvalue weighted by atomic mass is 127. The molecule has 22 heavy (non-hydrogen) atoms. The van der Waals surface area contributed by atoms with Crippen molar-refractivity contribution in [2.45, 2.75) is 58.2 Å². The van der Waals surface area contributed by atoms with Gasteiger partial charge in [-0.05, 0) is 26.7 Å². The summed E-state index contributed by atoms with van der Waals surface area (Å²) in [6.07, 6.45) is 4.22. The summed E-state index contributed by atoms with van der Waals surface area (Å²) in [5, 5.41) is 20.9. The standard InChI is InChI=1S/C14H26N6O.HI/c1-4-14(3,21)9-16-13(15-5-2)19-11-6-7-12-17-10-18-20(12)8-11;/h10-11,21H,4-9H2,1-3H3,(H2,15,16,19);1H. The second kappa shape index (κ2) is 8.66. The van der Waals surface area contributed by atoms with Gasteiger partial charge >= 0.3 is 0 Å². The first-order valence-corrected chi connectivity index (χ1v) is 7.68. The summed E-state index contributed by atoms with van der Waals surface area (Å²) in [4.78, 5) is 8.72. The van der Waals surface area contributed by atoms with E-state index in [1.165, 1.54) is 0 Å². The maximum Gasteiger partial charge on any atom is 0.191 e. The number of hydrogen-bond donors (Lipinski definition) is 3. The van der Waals surface area contributed by atoms with Gasteiger partial charge in [0.25, 0.3) is 0 Å². The Hall–Kier alpha value is -0.900. The Morgan fingerprint density at radius 2 is 2.32 bits per heavy atom. The molecule has 2 atom stereocenters. The van der Waals surface area contributed by atoms with Gasteiger partial charge in [0.05, 0.1) is 18.7 Å². The molecule has 1 aliphatic heterocycles. The number of aromatic nitrogens is 3. The van der Waals surface area contributed by atoms with Gasteiger partial charge in [-0.2, -0.15) is 5.10 Å². The molecular formula is C14H27IN6O. The highest BCUT2D eigenvalue weighted by Gasteiger charge is 2.21. The molecule has 3 N–H and O–H groups in total. The second-order valence-electron chi connectivity index (χ2n) is 5.78. The van der Waals surface area contributed by atoms with E-state index >= 15 is 0 Å². The molecule has 0 saturated heterocycles. The molecule has 0 fully saturated rings. The third kappa shape index (κ3) is 5.38. The molecular weight excluding hydrogens is 395 g/mol. The molecule has 1 aromatic rings. The number of fused-ring (bicyclic) bond motifs is 1. The van der Waals surface area contributed by atoms with Crippen molar-refractivity contribution in [3.05, 3.63) is 12.2 Å². The predicted octanol–water partition coefficient (Wildman–Crippen LogP) is 0.927. The molecule has 126 valence electrons. The van der Waals surface area contributed by atoms with Crippen molar-refractivity contribution in [3.8, 4) is 0 Å². The second-order valence-corrected chi connectivity index (χ2v) is 5.78. The first-order valence-electron chi connectivity index (χ1n) is 7.68. The molecule has 2 rings (SSSR count). The van der Waals surface area contributed by atoms with Gasteiger partial charge < -0.3 is 15.7 Å². The van der Waals surface area contributed by atoms with Crippen LogP contribution in [-0.2, 0) is 13.0 Å². The monoisotopic (exact) mass is 422 g/mol. The van der Waals surface area contributed by atoms with Crippen LogP contribution in [-0.4, -0.2) is 50.6 Å². The molecule has 1 aliphatic rings.